The molecular formula is C26H19BrCl2N2O5S. The minimum Gasteiger partial charge on any atom is -0.493 e. The number of hydrogen-bond acceptors (Lipinski definition) is 6. The summed E-state index contributed by atoms with van der Waals surface area (Å²) in [6, 6.07) is 17.3. The van der Waals surface area contributed by atoms with Crippen LogP contribution in [-0.2, 0) is 16.2 Å². The van der Waals surface area contributed by atoms with Crippen LogP contribution in [0.5, 0.6) is 11.5 Å². The van der Waals surface area contributed by atoms with Crippen molar-refractivity contribution in [2.45, 2.75) is 6.61 Å². The minimum absolute atomic E-state index is 0.175. The van der Waals surface area contributed by atoms with E-state index in [1.807, 2.05) is 6.07 Å². The fourth-order valence-corrected chi connectivity index (χ4v) is 5.28. The Morgan fingerprint density at radius 3 is 2.57 bits per heavy atom. The Hall–Kier alpha value is -2.98. The molecule has 3 amide bonds. The van der Waals surface area contributed by atoms with E-state index >= 15 is 0 Å². The normalized spacial score (nSPS) is 14.3. The lowest BCUT2D eigenvalue weighted by atomic mass is 10.1. The molecule has 0 atom stereocenters. The summed E-state index contributed by atoms with van der Waals surface area (Å²) >= 11 is 16.4. The summed E-state index contributed by atoms with van der Waals surface area (Å²) in [5.41, 5.74) is 1.92. The SMILES string of the molecule is COc1cc(/C=C2/SC(=O)N(CC(=O)Nc3ccccc3)C2=O)cc(Br)c1OCc1ccc(Cl)cc1Cl. The highest BCUT2D eigenvalue weighted by molar-refractivity contribution is 9.10. The van der Waals surface area contributed by atoms with Crippen LogP contribution >= 0.6 is 50.9 Å². The van der Waals surface area contributed by atoms with Gasteiger partial charge in [-0.3, -0.25) is 19.3 Å². The largest absolute Gasteiger partial charge is 0.493 e. The molecule has 11 heteroatoms. The van der Waals surface area contributed by atoms with Gasteiger partial charge >= 0.3 is 0 Å². The Labute approximate surface area is 235 Å². The molecule has 37 heavy (non-hydrogen) atoms. The van der Waals surface area contributed by atoms with E-state index in [2.05, 4.69) is 21.2 Å². The van der Waals surface area contributed by atoms with E-state index < -0.39 is 17.1 Å². The van der Waals surface area contributed by atoms with Crippen LogP contribution in [0.2, 0.25) is 10.0 Å². The minimum atomic E-state index is -0.550. The molecule has 0 aliphatic carbocycles. The Kier molecular flexibility index (Phi) is 8.81. The highest BCUT2D eigenvalue weighted by Gasteiger charge is 2.36. The first kappa shape index (κ1) is 27.1. The number of carbonyl (C=O) groups is 3. The molecule has 0 aromatic heterocycles. The molecule has 1 aliphatic rings. The second-order valence-electron chi connectivity index (χ2n) is 7.74. The molecule has 7 nitrogen and oxygen atoms in total. The lowest BCUT2D eigenvalue weighted by Gasteiger charge is -2.14. The smallest absolute Gasteiger partial charge is 0.294 e. The molecule has 1 N–H and O–H groups in total. The van der Waals surface area contributed by atoms with Gasteiger partial charge < -0.3 is 14.8 Å². The fourth-order valence-electron chi connectivity index (χ4n) is 3.41. The number of halogens is 3. The van der Waals surface area contributed by atoms with Crippen LogP contribution in [0.4, 0.5) is 10.5 Å². The van der Waals surface area contributed by atoms with Gasteiger partial charge in [-0.1, -0.05) is 47.5 Å². The number of carbonyl (C=O) groups excluding carboxylic acids is 3. The Bertz CT molecular complexity index is 1400. The molecule has 0 spiro atoms. The maximum atomic E-state index is 12.9. The van der Waals surface area contributed by atoms with Crippen LogP contribution in [-0.4, -0.2) is 35.6 Å². The van der Waals surface area contributed by atoms with Crippen LogP contribution in [0.25, 0.3) is 6.08 Å². The molecule has 1 aliphatic heterocycles. The van der Waals surface area contributed by atoms with Gasteiger partial charge in [0.2, 0.25) is 5.91 Å². The van der Waals surface area contributed by atoms with Crippen LogP contribution in [0.15, 0.2) is 70.0 Å². The van der Waals surface area contributed by atoms with Crippen molar-refractivity contribution < 1.29 is 23.9 Å². The molecular weight excluding hydrogens is 603 g/mol. The first-order valence-corrected chi connectivity index (χ1v) is 13.2. The third kappa shape index (κ3) is 6.67. The number of rotatable bonds is 8. The van der Waals surface area contributed by atoms with E-state index in [4.69, 9.17) is 32.7 Å². The van der Waals surface area contributed by atoms with Crippen molar-refractivity contribution in [3.05, 3.63) is 91.2 Å². The predicted octanol–water partition coefficient (Wildman–Crippen LogP) is 7.02. The summed E-state index contributed by atoms with van der Waals surface area (Å²) in [4.78, 5) is 38.8. The monoisotopic (exact) mass is 620 g/mol. The number of thioether (sulfide) groups is 1. The highest BCUT2D eigenvalue weighted by atomic mass is 79.9. The zero-order valence-corrected chi connectivity index (χ0v) is 23.2. The summed E-state index contributed by atoms with van der Waals surface area (Å²) in [5.74, 6) is -0.170. The maximum Gasteiger partial charge on any atom is 0.294 e. The molecule has 1 heterocycles. The predicted molar refractivity (Wildman–Crippen MR) is 149 cm³/mol. The summed E-state index contributed by atoms with van der Waals surface area (Å²) in [6.07, 6.45) is 1.56. The third-order valence-electron chi connectivity index (χ3n) is 5.17. The molecule has 1 saturated heterocycles. The van der Waals surface area contributed by atoms with Gasteiger partial charge in [0.1, 0.15) is 13.2 Å². The zero-order valence-electron chi connectivity index (χ0n) is 19.3. The first-order chi connectivity index (χ1) is 17.7. The lowest BCUT2D eigenvalue weighted by molar-refractivity contribution is -0.127. The molecule has 0 saturated carbocycles. The van der Waals surface area contributed by atoms with Crippen LogP contribution in [0.1, 0.15) is 11.1 Å². The molecule has 4 rings (SSSR count). The molecule has 3 aromatic carbocycles. The molecule has 3 aromatic rings. The van der Waals surface area contributed by atoms with Crippen molar-refractivity contribution in [2.75, 3.05) is 19.0 Å². The number of hydrogen-bond donors (Lipinski definition) is 1. The summed E-state index contributed by atoms with van der Waals surface area (Å²) in [6.45, 7) is -0.210. The van der Waals surface area contributed by atoms with Gasteiger partial charge in [0, 0.05) is 21.3 Å². The van der Waals surface area contributed by atoms with E-state index in [9.17, 15) is 14.4 Å². The topological polar surface area (TPSA) is 84.9 Å². The van der Waals surface area contributed by atoms with Crippen molar-refractivity contribution >= 4 is 79.7 Å². The second kappa shape index (κ2) is 12.0. The Morgan fingerprint density at radius 1 is 1.11 bits per heavy atom. The number of para-hydroxylation sites is 1. The number of nitrogens with one attached hydrogen (secondary N) is 1. The number of benzene rings is 3. The Morgan fingerprint density at radius 2 is 1.86 bits per heavy atom. The summed E-state index contributed by atoms with van der Waals surface area (Å²) in [7, 11) is 1.49. The van der Waals surface area contributed by atoms with E-state index in [0.717, 1.165) is 22.2 Å². The van der Waals surface area contributed by atoms with Gasteiger partial charge in [0.25, 0.3) is 11.1 Å². The van der Waals surface area contributed by atoms with Crippen molar-refractivity contribution in [2.24, 2.45) is 0 Å². The van der Waals surface area contributed by atoms with Gasteiger partial charge in [-0.15, -0.1) is 0 Å². The molecule has 0 unspecified atom stereocenters. The quantitative estimate of drug-likeness (QED) is 0.272. The zero-order chi connectivity index (χ0) is 26.5. The van der Waals surface area contributed by atoms with E-state index in [0.29, 0.717) is 37.3 Å². The van der Waals surface area contributed by atoms with Gasteiger partial charge in [-0.05, 0) is 75.7 Å². The lowest BCUT2D eigenvalue weighted by Crippen LogP contribution is -2.36. The molecule has 0 bridgehead atoms. The standard InChI is InChI=1S/C26H19BrCl2N2O5S/c1-35-21-10-15(9-19(27)24(21)36-14-16-7-8-17(28)12-20(16)29)11-22-25(33)31(26(34)37-22)13-23(32)30-18-5-3-2-4-6-18/h2-12H,13-14H2,1H3,(H,30,32)/b22-11+. The maximum absolute atomic E-state index is 12.9. The third-order valence-corrected chi connectivity index (χ3v) is 7.25. The van der Waals surface area contributed by atoms with Crippen LogP contribution < -0.4 is 14.8 Å². The average Bonchev–Trinajstić information content (AvgIpc) is 3.11. The van der Waals surface area contributed by atoms with Crippen LogP contribution in [0.3, 0.4) is 0 Å². The van der Waals surface area contributed by atoms with Crippen molar-refractivity contribution in [1.29, 1.82) is 0 Å². The van der Waals surface area contributed by atoms with Crippen LogP contribution in [0, 0.1) is 0 Å². The number of amides is 3. The molecule has 0 radical (unpaired) electrons. The fraction of sp³-hybridized carbons (Fsp3) is 0.115. The van der Waals surface area contributed by atoms with Crippen molar-refractivity contribution in [3.63, 3.8) is 0 Å². The van der Waals surface area contributed by atoms with E-state index in [1.165, 1.54) is 7.11 Å². The van der Waals surface area contributed by atoms with Gasteiger partial charge in [-0.2, -0.15) is 0 Å². The number of nitrogens with zero attached hydrogens (tertiary/aromatic N) is 1. The molecule has 190 valence electrons. The first-order valence-electron chi connectivity index (χ1n) is 10.8. The second-order valence-corrected chi connectivity index (χ2v) is 10.4. The average molecular weight is 622 g/mol. The number of anilines is 1. The Balaban J connectivity index is 1.48. The van der Waals surface area contributed by atoms with Gasteiger partial charge in [-0.25, -0.2) is 0 Å². The number of ether oxygens (including phenoxy) is 2. The van der Waals surface area contributed by atoms with Crippen molar-refractivity contribution in [3.8, 4) is 11.5 Å². The van der Waals surface area contributed by atoms with Crippen molar-refractivity contribution in [1.82, 2.24) is 4.90 Å². The van der Waals surface area contributed by atoms with E-state index in [-0.39, 0.29) is 18.1 Å². The highest BCUT2D eigenvalue weighted by Crippen LogP contribution is 2.40. The van der Waals surface area contributed by atoms with Gasteiger partial charge in [0.15, 0.2) is 11.5 Å². The number of imide groups is 1. The van der Waals surface area contributed by atoms with Gasteiger partial charge in [0.05, 0.1) is 16.5 Å². The summed E-state index contributed by atoms with van der Waals surface area (Å²) in [5, 5.41) is 3.15. The van der Waals surface area contributed by atoms with E-state index in [1.54, 1.807) is 60.7 Å². The molecule has 1 fully saturated rings. The summed E-state index contributed by atoms with van der Waals surface area (Å²) < 4.78 is 12.0. The number of methoxy groups -OCH3 is 1.